The molecule has 1 aliphatic carbocycles. The second kappa shape index (κ2) is 21.9. The Morgan fingerprint density at radius 3 is 2.22 bits per heavy atom. The van der Waals surface area contributed by atoms with E-state index in [0.29, 0.717) is 52.5 Å². The molecule has 3 saturated heterocycles. The van der Waals surface area contributed by atoms with Crippen LogP contribution in [0.15, 0.2) is 83.4 Å². The molecule has 8 rings (SSSR count). The molecular formula is C57H68ClN7O7. The van der Waals surface area contributed by atoms with Crippen LogP contribution in [0.5, 0.6) is 5.75 Å². The molecule has 3 aliphatic heterocycles. The number of nitrogens with zero attached hydrogens (tertiary/aromatic N) is 5. The normalized spacial score (nSPS) is 23.0. The summed E-state index contributed by atoms with van der Waals surface area (Å²) in [6, 6.07) is 24.5. The molecule has 4 amide bonds. The van der Waals surface area contributed by atoms with Crippen molar-refractivity contribution in [2.24, 2.45) is 22.7 Å². The van der Waals surface area contributed by atoms with Crippen LogP contribution in [0.3, 0.4) is 0 Å². The van der Waals surface area contributed by atoms with Crippen LogP contribution in [-0.2, 0) is 14.4 Å². The van der Waals surface area contributed by atoms with Gasteiger partial charge >= 0.3 is 0 Å². The molecule has 4 atom stereocenters. The maximum Gasteiger partial charge on any atom is 0.251 e. The zero-order valence-electron chi connectivity index (χ0n) is 42.5. The summed E-state index contributed by atoms with van der Waals surface area (Å²) in [7, 11) is 0. The molecule has 4 fully saturated rings. The number of carbonyl (C=O) groups is 4. The fraction of sp³-hybridized carbons (Fsp3) is 0.509. The summed E-state index contributed by atoms with van der Waals surface area (Å²) in [4.78, 5) is 61.5. The molecule has 72 heavy (non-hydrogen) atoms. The Morgan fingerprint density at radius 1 is 0.931 bits per heavy atom. The van der Waals surface area contributed by atoms with Gasteiger partial charge in [-0.15, -0.1) is 0 Å². The number of aliphatic hydroxyl groups is 1. The van der Waals surface area contributed by atoms with Crippen LogP contribution in [0.2, 0.25) is 5.02 Å². The number of nitriles is 1. The molecule has 4 heterocycles. The smallest absolute Gasteiger partial charge is 0.251 e. The van der Waals surface area contributed by atoms with E-state index in [1.54, 1.807) is 31.2 Å². The number of aliphatic hydroxyl groups excluding tert-OH is 1. The molecule has 0 spiro atoms. The van der Waals surface area contributed by atoms with Crippen molar-refractivity contribution in [3.63, 3.8) is 0 Å². The van der Waals surface area contributed by atoms with Crippen molar-refractivity contribution in [1.82, 2.24) is 30.5 Å². The molecule has 1 aromatic heterocycles. The maximum atomic E-state index is 14.1. The second-order valence-electron chi connectivity index (χ2n) is 21.7. The van der Waals surface area contributed by atoms with E-state index >= 15 is 0 Å². The van der Waals surface area contributed by atoms with E-state index in [0.717, 1.165) is 49.9 Å². The van der Waals surface area contributed by atoms with Gasteiger partial charge in [0.25, 0.3) is 5.91 Å². The van der Waals surface area contributed by atoms with Crippen molar-refractivity contribution in [3.8, 4) is 23.7 Å². The first-order valence-electron chi connectivity index (χ1n) is 25.4. The number of aryl methyl sites for hydroxylation is 1. The van der Waals surface area contributed by atoms with Gasteiger partial charge in [-0.1, -0.05) is 100 Å². The van der Waals surface area contributed by atoms with Gasteiger partial charge < -0.3 is 39.7 Å². The van der Waals surface area contributed by atoms with Crippen LogP contribution in [0.1, 0.15) is 131 Å². The minimum Gasteiger partial charge on any atom is -0.489 e. The maximum absolute atomic E-state index is 14.1. The van der Waals surface area contributed by atoms with Gasteiger partial charge in [-0.25, -0.2) is 0 Å². The van der Waals surface area contributed by atoms with Gasteiger partial charge in [-0.05, 0) is 93.6 Å². The van der Waals surface area contributed by atoms with Gasteiger partial charge in [0.05, 0.1) is 34.8 Å². The number of β-amino-alcohol motifs (C(OH)–C–C–N with tert-alkyl or cyclic N) is 1. The number of amides is 4. The third kappa shape index (κ3) is 11.4. The number of hydrogen-bond acceptors (Lipinski definition) is 10. The van der Waals surface area contributed by atoms with E-state index in [1.807, 2.05) is 73.3 Å². The Bertz CT molecular complexity index is 2690. The van der Waals surface area contributed by atoms with Crippen molar-refractivity contribution >= 4 is 35.2 Å². The summed E-state index contributed by atoms with van der Waals surface area (Å²) in [6.45, 7) is 17.1. The third-order valence-corrected chi connectivity index (χ3v) is 15.8. The molecule has 0 bridgehead atoms. The Balaban J connectivity index is 0.795. The molecule has 380 valence electrons. The van der Waals surface area contributed by atoms with E-state index in [1.165, 1.54) is 4.90 Å². The van der Waals surface area contributed by atoms with Crippen molar-refractivity contribution in [2.45, 2.75) is 129 Å². The molecule has 1 saturated carbocycles. The number of likely N-dealkylation sites (tertiary alicyclic amines) is 3. The van der Waals surface area contributed by atoms with Gasteiger partial charge in [0.15, 0.2) is 0 Å². The molecule has 15 heteroatoms. The minimum absolute atomic E-state index is 0.0270. The topological polar surface area (TPSA) is 181 Å². The lowest BCUT2D eigenvalue weighted by Gasteiger charge is -2.63. The van der Waals surface area contributed by atoms with Crippen molar-refractivity contribution in [1.29, 1.82) is 5.26 Å². The van der Waals surface area contributed by atoms with Crippen molar-refractivity contribution in [2.75, 3.05) is 32.7 Å². The molecule has 4 aliphatic rings. The summed E-state index contributed by atoms with van der Waals surface area (Å²) in [5.74, 6) is 6.43. The van der Waals surface area contributed by atoms with Crippen LogP contribution >= 0.6 is 11.6 Å². The summed E-state index contributed by atoms with van der Waals surface area (Å²) in [6.07, 6.45) is 2.75. The largest absolute Gasteiger partial charge is 0.489 e. The number of rotatable bonds is 13. The van der Waals surface area contributed by atoms with Crippen molar-refractivity contribution in [3.05, 3.63) is 118 Å². The van der Waals surface area contributed by atoms with E-state index in [9.17, 15) is 29.5 Å². The summed E-state index contributed by atoms with van der Waals surface area (Å²) < 4.78 is 11.9. The van der Waals surface area contributed by atoms with E-state index < -0.39 is 30.0 Å². The van der Waals surface area contributed by atoms with Crippen molar-refractivity contribution < 1.29 is 33.5 Å². The quantitative estimate of drug-likeness (QED) is 0.112. The Labute approximate surface area is 428 Å². The van der Waals surface area contributed by atoms with Crippen LogP contribution in [0.25, 0.3) is 0 Å². The lowest BCUT2D eigenvalue weighted by atomic mass is 9.49. The Hall–Kier alpha value is -6.19. The van der Waals surface area contributed by atoms with Crippen LogP contribution in [0, 0.1) is 52.8 Å². The lowest BCUT2D eigenvalue weighted by molar-refractivity contribution is -0.164. The second-order valence-corrected chi connectivity index (χ2v) is 22.1. The van der Waals surface area contributed by atoms with E-state index in [2.05, 4.69) is 66.3 Å². The predicted octanol–water partition coefficient (Wildman–Crippen LogP) is 7.82. The first kappa shape index (κ1) is 52.1. The average Bonchev–Trinajstić information content (AvgIpc) is 3.99. The number of benzene rings is 3. The molecule has 4 aromatic rings. The van der Waals surface area contributed by atoms with Crippen LogP contribution in [-0.4, -0.2) is 112 Å². The number of carbonyl (C=O) groups excluding carboxylic acids is 4. The van der Waals surface area contributed by atoms with E-state index in [-0.39, 0.29) is 71.9 Å². The molecule has 0 radical (unpaired) electrons. The molecule has 3 N–H and O–H groups in total. The number of aromatic nitrogens is 1. The number of hydrogen-bond donors (Lipinski definition) is 3. The molecular weight excluding hydrogens is 930 g/mol. The first-order valence-corrected chi connectivity index (χ1v) is 25.8. The number of ether oxygens (including phenoxy) is 1. The predicted molar refractivity (Wildman–Crippen MR) is 274 cm³/mol. The fourth-order valence-electron chi connectivity index (χ4n) is 11.8. The summed E-state index contributed by atoms with van der Waals surface area (Å²) in [5.41, 5.74) is 2.52. The molecule has 3 aromatic carbocycles. The SMILES string of the molecule is Cc1cc([C@H](C(=O)N2C[C@H](O)C[C@H]2C(=O)N[C@@H](CC(=O)N2CCC(N3CCC(C#Cc4ccc(C(=O)NC5C(C)(C)C(Oc6ccc(C#N)c(Cl)c6)C5(C)C)cc4)CC3)CC2)c2ccccc2)C(C)C)on1. The highest BCUT2D eigenvalue weighted by molar-refractivity contribution is 6.31. The van der Waals surface area contributed by atoms with Gasteiger partial charge in [-0.2, -0.15) is 5.26 Å². The lowest BCUT2D eigenvalue weighted by Crippen LogP contribution is -2.74. The number of piperidine rings is 2. The highest BCUT2D eigenvalue weighted by Crippen LogP contribution is 2.55. The zero-order chi connectivity index (χ0) is 51.5. The van der Waals surface area contributed by atoms with E-state index in [4.69, 9.17) is 20.9 Å². The van der Waals surface area contributed by atoms with Gasteiger partial charge in [0.2, 0.25) is 17.7 Å². The van der Waals surface area contributed by atoms with Gasteiger partial charge in [0.1, 0.15) is 35.6 Å². The van der Waals surface area contributed by atoms with Crippen LogP contribution in [0.4, 0.5) is 0 Å². The zero-order valence-corrected chi connectivity index (χ0v) is 43.2. The third-order valence-electron chi connectivity index (χ3n) is 15.5. The monoisotopic (exact) mass is 997 g/mol. The minimum atomic E-state index is -0.906. The number of halogens is 1. The molecule has 0 unspecified atom stereocenters. The Morgan fingerprint density at radius 2 is 1.61 bits per heavy atom. The highest BCUT2D eigenvalue weighted by atomic mass is 35.5. The summed E-state index contributed by atoms with van der Waals surface area (Å²) in [5, 5.41) is 30.7. The molecule has 14 nitrogen and oxygen atoms in total. The standard InChI is InChI=1S/C57H68ClN7O7/c1-35(2)50(48-29-36(3)62-72-48)53(70)65-34-43(66)30-47(65)52(69)60-46(39-11-9-8-10-12-39)32-49(67)64-27-23-42(24-28-64)63-25-21-38(22-26-63)14-13-37-15-17-40(18-16-37)51(68)61-54-56(4,5)55(57(54,6)7)71-44-20-19-41(33-59)45(58)31-44/h8-12,15-20,29,31,35,38,42-43,46-47,50,54-55,66H,21-28,30,32,34H2,1-7H3,(H,60,69)(H,61,68)/t43-,46+,47+,50-,54?,55?/m1/s1. The Kier molecular flexibility index (Phi) is 15.8. The first-order chi connectivity index (χ1) is 34.3. The van der Waals surface area contributed by atoms with Gasteiger partial charge in [0, 0.05) is 78.1 Å². The fourth-order valence-corrected chi connectivity index (χ4v) is 12.1. The average molecular weight is 999 g/mol. The highest BCUT2D eigenvalue weighted by Gasteiger charge is 2.64. The van der Waals surface area contributed by atoms with Crippen LogP contribution < -0.4 is 15.4 Å². The van der Waals surface area contributed by atoms with Gasteiger partial charge in [-0.3, -0.25) is 19.2 Å². The number of nitrogens with one attached hydrogen (secondary N) is 2. The summed E-state index contributed by atoms with van der Waals surface area (Å²) >= 11 is 6.27.